The van der Waals surface area contributed by atoms with Gasteiger partial charge in [-0.1, -0.05) is 19.9 Å². The molecule has 3 heteroatoms. The molecule has 0 N–H and O–H groups in total. The summed E-state index contributed by atoms with van der Waals surface area (Å²) >= 11 is 0. The van der Waals surface area contributed by atoms with Crippen LogP contribution in [0.15, 0.2) is 11.6 Å². The predicted octanol–water partition coefficient (Wildman–Crippen LogP) is 2.11. The third-order valence-corrected chi connectivity index (χ3v) is 4.34. The number of allylic oxidation sites excluding steroid dienone is 1. The lowest BCUT2D eigenvalue weighted by molar-refractivity contribution is -0.149. The summed E-state index contributed by atoms with van der Waals surface area (Å²) in [6.07, 6.45) is 3.70. The minimum atomic E-state index is -0.634. The first-order valence-electron chi connectivity index (χ1n) is 5.69. The van der Waals surface area contributed by atoms with Crippen molar-refractivity contribution in [2.45, 2.75) is 33.6 Å². The van der Waals surface area contributed by atoms with Crippen LogP contribution in [0.2, 0.25) is 0 Å². The molecule has 2 atom stereocenters. The number of rotatable bonds is 1. The second-order valence-corrected chi connectivity index (χ2v) is 5.60. The zero-order valence-electron chi connectivity index (χ0n) is 10.3. The van der Waals surface area contributed by atoms with E-state index in [0.717, 1.165) is 12.8 Å². The van der Waals surface area contributed by atoms with Crippen molar-refractivity contribution in [2.75, 3.05) is 7.11 Å². The van der Waals surface area contributed by atoms with Crippen LogP contribution in [0, 0.1) is 16.7 Å². The van der Waals surface area contributed by atoms with Gasteiger partial charge in [-0.2, -0.15) is 0 Å². The maximum atomic E-state index is 12.4. The number of Topliss-reactive ketones (excluding diaryl/α,β-unsaturated/α-hetero) is 1. The van der Waals surface area contributed by atoms with Gasteiger partial charge in [0.25, 0.3) is 0 Å². The van der Waals surface area contributed by atoms with Crippen molar-refractivity contribution in [2.24, 2.45) is 16.7 Å². The van der Waals surface area contributed by atoms with Crippen LogP contribution in [-0.2, 0) is 14.3 Å². The summed E-state index contributed by atoms with van der Waals surface area (Å²) in [7, 11) is 1.37. The number of hydrogen-bond donors (Lipinski definition) is 0. The first-order valence-corrected chi connectivity index (χ1v) is 5.69. The van der Waals surface area contributed by atoms with Crippen molar-refractivity contribution in [1.82, 2.24) is 0 Å². The van der Waals surface area contributed by atoms with E-state index in [0.29, 0.717) is 5.57 Å². The first-order chi connectivity index (χ1) is 7.34. The molecule has 0 radical (unpaired) electrons. The fourth-order valence-electron chi connectivity index (χ4n) is 3.14. The van der Waals surface area contributed by atoms with Gasteiger partial charge in [0.1, 0.15) is 5.78 Å². The topological polar surface area (TPSA) is 43.4 Å². The molecule has 0 heterocycles. The van der Waals surface area contributed by atoms with Crippen LogP contribution in [0.5, 0.6) is 0 Å². The van der Waals surface area contributed by atoms with Crippen LogP contribution in [0.25, 0.3) is 0 Å². The Balaban J connectivity index is 2.53. The molecule has 3 nitrogen and oxygen atoms in total. The van der Waals surface area contributed by atoms with Gasteiger partial charge in [-0.3, -0.25) is 4.79 Å². The minimum absolute atomic E-state index is 0.177. The van der Waals surface area contributed by atoms with Gasteiger partial charge in [-0.05, 0) is 25.7 Å². The van der Waals surface area contributed by atoms with Crippen molar-refractivity contribution in [1.29, 1.82) is 0 Å². The van der Waals surface area contributed by atoms with E-state index in [2.05, 4.69) is 0 Å². The molecular formula is C13H18O3. The molecule has 0 aromatic rings. The Bertz CT molecular complexity index is 392. The van der Waals surface area contributed by atoms with E-state index in [9.17, 15) is 9.59 Å². The number of fused-ring (bicyclic) bond motifs is 2. The van der Waals surface area contributed by atoms with Gasteiger partial charge in [0.15, 0.2) is 0 Å². The van der Waals surface area contributed by atoms with Crippen molar-refractivity contribution in [3.63, 3.8) is 0 Å². The van der Waals surface area contributed by atoms with E-state index in [1.54, 1.807) is 0 Å². The summed E-state index contributed by atoms with van der Waals surface area (Å²) in [5.41, 5.74) is -0.411. The van der Waals surface area contributed by atoms with Gasteiger partial charge in [0, 0.05) is 11.0 Å². The van der Waals surface area contributed by atoms with Crippen LogP contribution >= 0.6 is 0 Å². The normalized spacial score (nSPS) is 35.9. The molecule has 88 valence electrons. The summed E-state index contributed by atoms with van der Waals surface area (Å²) in [6.45, 7) is 5.82. The molecule has 0 saturated heterocycles. The van der Waals surface area contributed by atoms with E-state index >= 15 is 0 Å². The third-order valence-electron chi connectivity index (χ3n) is 4.34. The predicted molar refractivity (Wildman–Crippen MR) is 59.7 cm³/mol. The van der Waals surface area contributed by atoms with Gasteiger partial charge < -0.3 is 4.74 Å². The fourth-order valence-corrected chi connectivity index (χ4v) is 3.14. The highest BCUT2D eigenvalue weighted by Gasteiger charge is 2.57. The molecule has 0 aromatic carbocycles. The Hall–Kier alpha value is -1.12. The van der Waals surface area contributed by atoms with Crippen LogP contribution < -0.4 is 0 Å². The third kappa shape index (κ3) is 1.20. The van der Waals surface area contributed by atoms with Gasteiger partial charge >= 0.3 is 5.97 Å². The van der Waals surface area contributed by atoms with Crippen molar-refractivity contribution < 1.29 is 14.3 Å². The molecule has 16 heavy (non-hydrogen) atoms. The fraction of sp³-hybridized carbons (Fsp3) is 0.692. The Labute approximate surface area is 95.9 Å². The molecule has 0 aromatic heterocycles. The number of methoxy groups -OCH3 is 1. The summed E-state index contributed by atoms with van der Waals surface area (Å²) in [4.78, 5) is 24.1. The van der Waals surface area contributed by atoms with Crippen molar-refractivity contribution in [3.8, 4) is 0 Å². The maximum absolute atomic E-state index is 12.4. The van der Waals surface area contributed by atoms with Gasteiger partial charge in [0.05, 0.1) is 12.5 Å². The van der Waals surface area contributed by atoms with Crippen molar-refractivity contribution >= 4 is 11.8 Å². The Kier molecular flexibility index (Phi) is 2.26. The second kappa shape index (κ2) is 3.19. The summed E-state index contributed by atoms with van der Waals surface area (Å²) in [5, 5.41) is 0. The molecule has 3 rings (SSSR count). The average molecular weight is 222 g/mol. The van der Waals surface area contributed by atoms with Crippen molar-refractivity contribution in [3.05, 3.63) is 11.6 Å². The molecular weight excluding hydrogens is 204 g/mol. The lowest BCUT2D eigenvalue weighted by Gasteiger charge is -2.50. The average Bonchev–Trinajstić information content (AvgIpc) is 2.25. The highest BCUT2D eigenvalue weighted by atomic mass is 16.5. The molecule has 3 aliphatic carbocycles. The Morgan fingerprint density at radius 1 is 1.44 bits per heavy atom. The molecule has 1 fully saturated rings. The standard InChI is InChI=1S/C13H18O3/c1-12(2)8-5-6-13(3,11(12)15)9(7-8)10(14)16-4/h7-8H,5-6H2,1-4H3/t8-,13+/m1/s1. The minimum Gasteiger partial charge on any atom is -0.466 e. The smallest absolute Gasteiger partial charge is 0.334 e. The Morgan fingerprint density at radius 2 is 2.06 bits per heavy atom. The lowest BCUT2D eigenvalue weighted by Crippen LogP contribution is -2.53. The number of ketones is 1. The number of esters is 1. The van der Waals surface area contributed by atoms with E-state index in [1.807, 2.05) is 26.8 Å². The Morgan fingerprint density at radius 3 is 2.62 bits per heavy atom. The number of hydrogen-bond acceptors (Lipinski definition) is 3. The van der Waals surface area contributed by atoms with Crippen LogP contribution in [0.3, 0.4) is 0 Å². The van der Waals surface area contributed by atoms with Crippen LogP contribution in [0.4, 0.5) is 0 Å². The van der Waals surface area contributed by atoms with Gasteiger partial charge in [0.2, 0.25) is 0 Å². The van der Waals surface area contributed by atoms with Crippen LogP contribution in [0.1, 0.15) is 33.6 Å². The number of carbonyl (C=O) groups excluding carboxylic acids is 2. The molecule has 1 saturated carbocycles. The number of ether oxygens (including phenoxy) is 1. The molecule has 2 bridgehead atoms. The largest absolute Gasteiger partial charge is 0.466 e. The van der Waals surface area contributed by atoms with E-state index in [1.165, 1.54) is 7.11 Å². The van der Waals surface area contributed by atoms with Gasteiger partial charge in [-0.25, -0.2) is 4.79 Å². The van der Waals surface area contributed by atoms with Gasteiger partial charge in [-0.15, -0.1) is 0 Å². The van der Waals surface area contributed by atoms with E-state index in [-0.39, 0.29) is 23.1 Å². The number of carbonyl (C=O) groups is 2. The second-order valence-electron chi connectivity index (χ2n) is 5.60. The zero-order chi connectivity index (χ0) is 12.1. The SMILES string of the molecule is COC(=O)C1=C[C@H]2CC[C@]1(C)C(=O)C2(C)C. The summed E-state index contributed by atoms with van der Waals surface area (Å²) < 4.78 is 4.76. The molecule has 0 spiro atoms. The highest BCUT2D eigenvalue weighted by Crippen LogP contribution is 2.55. The summed E-state index contributed by atoms with van der Waals surface area (Å²) in [5.74, 6) is 0.00567. The summed E-state index contributed by atoms with van der Waals surface area (Å²) in [6, 6.07) is 0. The van der Waals surface area contributed by atoms with Crippen LogP contribution in [-0.4, -0.2) is 18.9 Å². The highest BCUT2D eigenvalue weighted by molar-refractivity contribution is 6.04. The van der Waals surface area contributed by atoms with E-state index < -0.39 is 5.41 Å². The zero-order valence-corrected chi connectivity index (χ0v) is 10.3. The quantitative estimate of drug-likeness (QED) is 0.638. The first kappa shape index (κ1) is 11.4. The molecule has 0 aliphatic heterocycles. The maximum Gasteiger partial charge on any atom is 0.334 e. The molecule has 3 aliphatic rings. The lowest BCUT2D eigenvalue weighted by atomic mass is 9.51. The molecule has 0 amide bonds. The van der Waals surface area contributed by atoms with E-state index in [4.69, 9.17) is 4.74 Å². The molecule has 0 unspecified atom stereocenters. The monoisotopic (exact) mass is 222 g/mol.